The number of methoxy groups -OCH3 is 2. The van der Waals surface area contributed by atoms with Gasteiger partial charge >= 0.3 is 12.1 Å². The first-order valence-electron chi connectivity index (χ1n) is 8.17. The normalized spacial score (nSPS) is 21.0. The zero-order valence-corrected chi connectivity index (χ0v) is 16.5. The van der Waals surface area contributed by atoms with E-state index in [-0.39, 0.29) is 0 Å². The lowest BCUT2D eigenvalue weighted by Crippen LogP contribution is -2.13. The van der Waals surface area contributed by atoms with Gasteiger partial charge in [-0.15, -0.1) is 0 Å². The molecule has 0 aliphatic heterocycles. The number of alkyl halides is 3. The summed E-state index contributed by atoms with van der Waals surface area (Å²) >= 11 is 5.21. The van der Waals surface area contributed by atoms with Crippen molar-refractivity contribution in [3.63, 3.8) is 0 Å². The summed E-state index contributed by atoms with van der Waals surface area (Å²) in [5, 5.41) is -1.38. The van der Waals surface area contributed by atoms with Crippen LogP contribution < -0.4 is 9.47 Å². The predicted molar refractivity (Wildman–Crippen MR) is 90.0 cm³/mol. The molecule has 0 saturated heterocycles. The largest absolute Gasteiger partial charge is 0.493 e. The maximum absolute atomic E-state index is 14.2. The number of esters is 1. The number of rotatable bonds is 6. The maximum Gasteiger partial charge on any atom is 0.426 e. The molecular weight excluding hydrogens is 430 g/mol. The van der Waals surface area contributed by atoms with Gasteiger partial charge in [0.2, 0.25) is 11.6 Å². The van der Waals surface area contributed by atoms with Crippen LogP contribution in [0.25, 0.3) is 0 Å². The zero-order valence-electron chi connectivity index (χ0n) is 15.7. The molecule has 1 aromatic carbocycles. The van der Waals surface area contributed by atoms with Crippen molar-refractivity contribution in [1.82, 2.24) is 0 Å². The molecule has 0 unspecified atom stereocenters. The number of ether oxygens (including phenoxy) is 3. The molecule has 0 bridgehead atoms. The Labute approximate surface area is 167 Å². The van der Waals surface area contributed by atoms with E-state index in [0.29, 0.717) is 6.08 Å². The minimum atomic E-state index is -4.76. The van der Waals surface area contributed by atoms with E-state index in [1.807, 2.05) is 0 Å². The molecule has 2 rings (SSSR count). The van der Waals surface area contributed by atoms with Gasteiger partial charge in [-0.05, 0) is 11.3 Å². The van der Waals surface area contributed by atoms with Crippen molar-refractivity contribution in [1.29, 1.82) is 0 Å². The van der Waals surface area contributed by atoms with Crippen molar-refractivity contribution >= 4 is 17.6 Å². The first kappa shape index (κ1) is 23.2. The Kier molecular flexibility index (Phi) is 6.37. The van der Waals surface area contributed by atoms with Crippen LogP contribution in [0.3, 0.4) is 0 Å². The summed E-state index contributed by atoms with van der Waals surface area (Å²) in [5.41, 5.74) is -1.61. The van der Waals surface area contributed by atoms with Crippen LogP contribution in [0.15, 0.2) is 11.1 Å². The summed E-state index contributed by atoms with van der Waals surface area (Å²) < 4.78 is 94.2. The van der Waals surface area contributed by atoms with E-state index >= 15 is 0 Å². The highest BCUT2D eigenvalue weighted by molar-refractivity contribution is 6.30. The third-order valence-electron chi connectivity index (χ3n) is 4.86. The number of halogens is 7. The Morgan fingerprint density at radius 3 is 2.10 bits per heavy atom. The van der Waals surface area contributed by atoms with E-state index < -0.39 is 75.5 Å². The van der Waals surface area contributed by atoms with Crippen molar-refractivity contribution in [2.45, 2.75) is 26.6 Å². The lowest BCUT2D eigenvalue weighted by Gasteiger charge is -2.15. The van der Waals surface area contributed by atoms with Crippen molar-refractivity contribution in [2.75, 3.05) is 14.2 Å². The van der Waals surface area contributed by atoms with Gasteiger partial charge in [0.05, 0.1) is 25.7 Å². The highest BCUT2D eigenvalue weighted by Crippen LogP contribution is 2.60. The molecule has 162 valence electrons. The summed E-state index contributed by atoms with van der Waals surface area (Å²) in [7, 11) is 1.92. The summed E-state index contributed by atoms with van der Waals surface area (Å²) in [6, 6.07) is 0. The van der Waals surface area contributed by atoms with Crippen LogP contribution >= 0.6 is 11.6 Å². The molecule has 0 amide bonds. The Balaban J connectivity index is 2.22. The molecule has 0 heterocycles. The molecular formula is C18H17ClF6O4. The summed E-state index contributed by atoms with van der Waals surface area (Å²) in [5.74, 6) is -9.09. The lowest BCUT2D eigenvalue weighted by atomic mass is 10.1. The van der Waals surface area contributed by atoms with Gasteiger partial charge in [-0.2, -0.15) is 22.0 Å². The molecule has 11 heteroatoms. The van der Waals surface area contributed by atoms with Crippen LogP contribution in [-0.4, -0.2) is 26.4 Å². The van der Waals surface area contributed by atoms with Crippen molar-refractivity contribution in [3.05, 3.63) is 34.1 Å². The fourth-order valence-corrected chi connectivity index (χ4v) is 3.24. The molecule has 2 atom stereocenters. The second kappa shape index (κ2) is 7.97. The van der Waals surface area contributed by atoms with Gasteiger partial charge in [-0.3, -0.25) is 4.79 Å². The molecule has 0 N–H and O–H groups in total. The van der Waals surface area contributed by atoms with E-state index in [2.05, 4.69) is 4.74 Å². The second-order valence-corrected chi connectivity index (χ2v) is 7.34. The molecule has 1 fully saturated rings. The van der Waals surface area contributed by atoms with Crippen molar-refractivity contribution in [3.8, 4) is 11.5 Å². The predicted octanol–water partition coefficient (Wildman–Crippen LogP) is 5.12. The minimum absolute atomic E-state index is 0.710. The molecule has 0 radical (unpaired) electrons. The smallest absolute Gasteiger partial charge is 0.426 e. The van der Waals surface area contributed by atoms with Crippen molar-refractivity contribution < 1.29 is 45.3 Å². The highest BCUT2D eigenvalue weighted by Gasteiger charge is 2.62. The molecule has 29 heavy (non-hydrogen) atoms. The Morgan fingerprint density at radius 1 is 1.07 bits per heavy atom. The van der Waals surface area contributed by atoms with Crippen LogP contribution in [0.5, 0.6) is 11.5 Å². The fourth-order valence-electron chi connectivity index (χ4n) is 3.11. The monoisotopic (exact) mass is 446 g/mol. The van der Waals surface area contributed by atoms with E-state index in [1.54, 1.807) is 0 Å². The second-order valence-electron chi connectivity index (χ2n) is 6.93. The van der Waals surface area contributed by atoms with Gasteiger partial charge in [0.1, 0.15) is 11.6 Å². The minimum Gasteiger partial charge on any atom is -0.493 e. The van der Waals surface area contributed by atoms with Crippen LogP contribution in [-0.2, 0) is 16.1 Å². The maximum atomic E-state index is 14.2. The van der Waals surface area contributed by atoms with Crippen LogP contribution in [0.2, 0.25) is 0 Å². The van der Waals surface area contributed by atoms with Crippen LogP contribution in [0.4, 0.5) is 26.3 Å². The first-order chi connectivity index (χ1) is 13.3. The molecule has 1 aromatic rings. The standard InChI is InChI=1S/C18H17ClF6O4/c1-17(2)8(5-9(19)18(23,24)25)10(17)16(26)29-6-7-11(20)12(21)15(28-4)13(22)14(7)27-3/h5,8,10H,6H2,1-4H3/b9-5-/t8-,10-/m1/s1. The van der Waals surface area contributed by atoms with E-state index in [0.717, 1.165) is 14.2 Å². The van der Waals surface area contributed by atoms with Gasteiger partial charge in [0.25, 0.3) is 0 Å². The van der Waals surface area contributed by atoms with Crippen molar-refractivity contribution in [2.24, 2.45) is 17.3 Å². The first-order valence-corrected chi connectivity index (χ1v) is 8.55. The molecule has 1 aliphatic carbocycles. The average Bonchev–Trinajstić information content (AvgIpc) is 3.16. The van der Waals surface area contributed by atoms with E-state index in [9.17, 15) is 31.1 Å². The Hall–Kier alpha value is -2.10. The number of carbonyl (C=O) groups excluding carboxylic acids is 1. The molecule has 0 aromatic heterocycles. The van der Waals surface area contributed by atoms with Gasteiger partial charge in [0.15, 0.2) is 17.3 Å². The highest BCUT2D eigenvalue weighted by atomic mass is 35.5. The summed E-state index contributed by atoms with van der Waals surface area (Å²) in [4.78, 5) is 12.3. The SMILES string of the molecule is COc1c(F)c(F)c(COC(=O)[C@H]2[C@@H](/C=C(\Cl)C(F)(F)F)C2(C)C)c(OC)c1F. The number of carbonyl (C=O) groups is 1. The summed E-state index contributed by atoms with van der Waals surface area (Å²) in [6.45, 7) is 2.14. The topological polar surface area (TPSA) is 44.8 Å². The number of hydrogen-bond acceptors (Lipinski definition) is 4. The van der Waals surface area contributed by atoms with Crippen LogP contribution in [0, 0.1) is 34.7 Å². The third-order valence-corrected chi connectivity index (χ3v) is 5.20. The van der Waals surface area contributed by atoms with E-state index in [1.165, 1.54) is 13.8 Å². The third kappa shape index (κ3) is 4.26. The molecule has 1 aliphatic rings. The Morgan fingerprint density at radius 2 is 1.62 bits per heavy atom. The van der Waals surface area contributed by atoms with E-state index in [4.69, 9.17) is 21.1 Å². The number of hydrogen-bond donors (Lipinski definition) is 0. The number of allylic oxidation sites excluding steroid dienone is 2. The molecule has 0 spiro atoms. The van der Waals surface area contributed by atoms with Gasteiger partial charge in [-0.1, -0.05) is 31.5 Å². The van der Waals surface area contributed by atoms with Gasteiger partial charge < -0.3 is 14.2 Å². The van der Waals surface area contributed by atoms with Gasteiger partial charge in [0, 0.05) is 0 Å². The Bertz CT molecular complexity index is 850. The quantitative estimate of drug-likeness (QED) is 0.345. The zero-order chi connectivity index (χ0) is 22.3. The molecule has 1 saturated carbocycles. The lowest BCUT2D eigenvalue weighted by molar-refractivity contribution is -0.147. The van der Waals surface area contributed by atoms with Gasteiger partial charge in [-0.25, -0.2) is 4.39 Å². The summed E-state index contributed by atoms with van der Waals surface area (Å²) in [6.07, 6.45) is -4.05. The fraction of sp³-hybridized carbons (Fsp3) is 0.500. The molecule has 4 nitrogen and oxygen atoms in total. The average molecular weight is 447 g/mol. The van der Waals surface area contributed by atoms with Crippen LogP contribution in [0.1, 0.15) is 19.4 Å². The number of benzene rings is 1.